The van der Waals surface area contributed by atoms with E-state index in [4.69, 9.17) is 14.8 Å². The molecule has 0 atom stereocenters. The number of para-hydroxylation sites is 1. The third kappa shape index (κ3) is 3.11. The van der Waals surface area contributed by atoms with Gasteiger partial charge < -0.3 is 4.74 Å². The minimum atomic E-state index is 0.653. The van der Waals surface area contributed by atoms with Crippen LogP contribution in [-0.4, -0.2) is 21.4 Å². The molecule has 4 heteroatoms. The standard InChI is InChI=1S/C26H23N3O/c1-3-18-10-15-24-22(16-18)26-23(17-27-24)25(19-11-13-21(14-12-19)30-4-2)28-29(26)20-8-6-5-7-9-20/h5-17H,3-4H2,1-2H3. The van der Waals surface area contributed by atoms with Crippen molar-refractivity contribution in [3.63, 3.8) is 0 Å². The summed E-state index contributed by atoms with van der Waals surface area (Å²) in [5.74, 6) is 0.865. The van der Waals surface area contributed by atoms with Crippen LogP contribution < -0.4 is 4.74 Å². The van der Waals surface area contributed by atoms with Crippen LogP contribution in [0.3, 0.4) is 0 Å². The predicted molar refractivity (Wildman–Crippen MR) is 122 cm³/mol. The highest BCUT2D eigenvalue weighted by molar-refractivity contribution is 6.09. The highest BCUT2D eigenvalue weighted by Gasteiger charge is 2.17. The number of aromatic nitrogens is 3. The van der Waals surface area contributed by atoms with Crippen LogP contribution in [0.1, 0.15) is 19.4 Å². The average molecular weight is 393 g/mol. The first-order valence-electron chi connectivity index (χ1n) is 10.4. The van der Waals surface area contributed by atoms with Crippen LogP contribution in [0.25, 0.3) is 38.8 Å². The van der Waals surface area contributed by atoms with E-state index < -0.39 is 0 Å². The number of hydrogen-bond acceptors (Lipinski definition) is 3. The average Bonchev–Trinajstić information content (AvgIpc) is 3.20. The maximum absolute atomic E-state index is 5.60. The fourth-order valence-electron chi connectivity index (χ4n) is 3.90. The minimum Gasteiger partial charge on any atom is -0.494 e. The lowest BCUT2D eigenvalue weighted by molar-refractivity contribution is 0.340. The van der Waals surface area contributed by atoms with Crippen LogP contribution in [0.2, 0.25) is 0 Å². The van der Waals surface area contributed by atoms with Crippen molar-refractivity contribution in [3.05, 3.63) is 84.6 Å². The molecule has 0 aliphatic heterocycles. The number of ether oxygens (including phenoxy) is 1. The quantitative estimate of drug-likeness (QED) is 0.357. The van der Waals surface area contributed by atoms with Crippen LogP contribution in [0.4, 0.5) is 0 Å². The van der Waals surface area contributed by atoms with Gasteiger partial charge in [-0.2, -0.15) is 5.10 Å². The molecule has 0 amide bonds. The Balaban J connectivity index is 1.81. The molecule has 5 rings (SSSR count). The van der Waals surface area contributed by atoms with Crippen LogP contribution in [0.15, 0.2) is 79.0 Å². The molecule has 2 heterocycles. The number of rotatable bonds is 5. The second-order valence-corrected chi connectivity index (χ2v) is 7.28. The lowest BCUT2D eigenvalue weighted by Crippen LogP contribution is -1.97. The second-order valence-electron chi connectivity index (χ2n) is 7.28. The van der Waals surface area contributed by atoms with Crippen molar-refractivity contribution in [3.8, 4) is 22.7 Å². The van der Waals surface area contributed by atoms with Crippen molar-refractivity contribution >= 4 is 21.8 Å². The van der Waals surface area contributed by atoms with Gasteiger partial charge in [0.25, 0.3) is 0 Å². The Kier molecular flexibility index (Phi) is 4.68. The summed E-state index contributed by atoms with van der Waals surface area (Å²) >= 11 is 0. The highest BCUT2D eigenvalue weighted by atomic mass is 16.5. The smallest absolute Gasteiger partial charge is 0.119 e. The molecule has 148 valence electrons. The van der Waals surface area contributed by atoms with Crippen molar-refractivity contribution in [1.29, 1.82) is 0 Å². The lowest BCUT2D eigenvalue weighted by Gasteiger charge is -2.07. The van der Waals surface area contributed by atoms with Crippen molar-refractivity contribution in [2.75, 3.05) is 6.61 Å². The number of aryl methyl sites for hydroxylation is 1. The Morgan fingerprint density at radius 3 is 2.40 bits per heavy atom. The summed E-state index contributed by atoms with van der Waals surface area (Å²) in [7, 11) is 0. The summed E-state index contributed by atoms with van der Waals surface area (Å²) < 4.78 is 7.65. The molecule has 2 aromatic heterocycles. The largest absolute Gasteiger partial charge is 0.494 e. The summed E-state index contributed by atoms with van der Waals surface area (Å²) in [5, 5.41) is 7.22. The number of hydrogen-bond donors (Lipinski definition) is 0. The van der Waals surface area contributed by atoms with Gasteiger partial charge in [-0.1, -0.05) is 31.2 Å². The van der Waals surface area contributed by atoms with Gasteiger partial charge in [-0.3, -0.25) is 4.98 Å². The van der Waals surface area contributed by atoms with Gasteiger partial charge >= 0.3 is 0 Å². The van der Waals surface area contributed by atoms with E-state index in [-0.39, 0.29) is 0 Å². The Morgan fingerprint density at radius 1 is 0.867 bits per heavy atom. The van der Waals surface area contributed by atoms with E-state index in [0.717, 1.165) is 50.9 Å². The van der Waals surface area contributed by atoms with E-state index in [1.165, 1.54) is 5.56 Å². The number of pyridine rings is 1. The zero-order chi connectivity index (χ0) is 20.5. The monoisotopic (exact) mass is 393 g/mol. The molecular weight excluding hydrogens is 370 g/mol. The third-order valence-electron chi connectivity index (χ3n) is 5.42. The molecule has 0 bridgehead atoms. The number of nitrogens with zero attached hydrogens (tertiary/aromatic N) is 3. The first-order valence-corrected chi connectivity index (χ1v) is 10.4. The van der Waals surface area contributed by atoms with E-state index in [1.807, 2.05) is 48.1 Å². The minimum absolute atomic E-state index is 0.653. The molecule has 0 unspecified atom stereocenters. The Bertz CT molecular complexity index is 1320. The van der Waals surface area contributed by atoms with E-state index in [0.29, 0.717) is 6.61 Å². The summed E-state index contributed by atoms with van der Waals surface area (Å²) in [6, 6.07) is 24.9. The molecule has 0 spiro atoms. The van der Waals surface area contributed by atoms with Gasteiger partial charge in [-0.05, 0) is 67.4 Å². The van der Waals surface area contributed by atoms with Crippen LogP contribution in [0, 0.1) is 0 Å². The van der Waals surface area contributed by atoms with E-state index in [1.54, 1.807) is 0 Å². The Labute approximate surface area is 175 Å². The van der Waals surface area contributed by atoms with Crippen molar-refractivity contribution in [1.82, 2.24) is 14.8 Å². The first-order chi connectivity index (χ1) is 14.8. The first kappa shape index (κ1) is 18.4. The normalized spacial score (nSPS) is 11.3. The zero-order valence-corrected chi connectivity index (χ0v) is 17.2. The Morgan fingerprint density at radius 2 is 1.67 bits per heavy atom. The molecule has 0 saturated heterocycles. The summed E-state index contributed by atoms with van der Waals surface area (Å²) in [5.41, 5.74) is 6.37. The van der Waals surface area contributed by atoms with Gasteiger partial charge in [0.1, 0.15) is 11.4 Å². The SMILES string of the molecule is CCOc1ccc(-c2nn(-c3ccccc3)c3c2cnc2ccc(CC)cc23)cc1. The van der Waals surface area contributed by atoms with Crippen molar-refractivity contribution in [2.45, 2.75) is 20.3 Å². The van der Waals surface area contributed by atoms with Gasteiger partial charge in [-0.25, -0.2) is 4.68 Å². The molecule has 5 aromatic rings. The van der Waals surface area contributed by atoms with Gasteiger partial charge in [0.15, 0.2) is 0 Å². The van der Waals surface area contributed by atoms with Crippen LogP contribution in [0.5, 0.6) is 5.75 Å². The maximum atomic E-state index is 5.60. The molecule has 0 aliphatic rings. The number of fused-ring (bicyclic) bond motifs is 3. The van der Waals surface area contributed by atoms with E-state index in [9.17, 15) is 0 Å². The summed E-state index contributed by atoms with van der Waals surface area (Å²) in [6.07, 6.45) is 2.93. The molecule has 0 saturated carbocycles. The summed E-state index contributed by atoms with van der Waals surface area (Å²) in [4.78, 5) is 4.75. The predicted octanol–water partition coefficient (Wildman–Crippen LogP) is 6.20. The van der Waals surface area contributed by atoms with Crippen LogP contribution >= 0.6 is 0 Å². The van der Waals surface area contributed by atoms with Gasteiger partial charge in [-0.15, -0.1) is 0 Å². The molecule has 0 fully saturated rings. The maximum Gasteiger partial charge on any atom is 0.119 e. The third-order valence-corrected chi connectivity index (χ3v) is 5.42. The molecule has 30 heavy (non-hydrogen) atoms. The zero-order valence-electron chi connectivity index (χ0n) is 17.2. The van der Waals surface area contributed by atoms with Crippen molar-refractivity contribution in [2.24, 2.45) is 0 Å². The van der Waals surface area contributed by atoms with Crippen LogP contribution in [-0.2, 0) is 6.42 Å². The molecular formula is C26H23N3O. The van der Waals surface area contributed by atoms with Gasteiger partial charge in [0.2, 0.25) is 0 Å². The van der Waals surface area contributed by atoms with Gasteiger partial charge in [0.05, 0.1) is 23.3 Å². The molecule has 4 nitrogen and oxygen atoms in total. The molecule has 0 N–H and O–H groups in total. The number of benzene rings is 3. The fourth-order valence-corrected chi connectivity index (χ4v) is 3.90. The van der Waals surface area contributed by atoms with Crippen molar-refractivity contribution < 1.29 is 4.74 Å². The molecule has 3 aromatic carbocycles. The second kappa shape index (κ2) is 7.64. The van der Waals surface area contributed by atoms with Gasteiger partial charge in [0, 0.05) is 22.5 Å². The molecule has 0 aliphatic carbocycles. The van der Waals surface area contributed by atoms with E-state index in [2.05, 4.69) is 49.4 Å². The Hall–Kier alpha value is -3.66. The lowest BCUT2D eigenvalue weighted by atomic mass is 10.0. The topological polar surface area (TPSA) is 39.9 Å². The summed E-state index contributed by atoms with van der Waals surface area (Å²) in [6.45, 7) is 4.82. The van der Waals surface area contributed by atoms with E-state index >= 15 is 0 Å². The highest BCUT2D eigenvalue weighted by Crippen LogP contribution is 2.34. The fraction of sp³-hybridized carbons (Fsp3) is 0.154. The molecule has 0 radical (unpaired) electrons.